The molecule has 0 spiro atoms. The average Bonchev–Trinajstić information content (AvgIpc) is 2.86. The number of nitrogens with two attached hydrogens (primary N) is 3. The van der Waals surface area contributed by atoms with E-state index in [1.54, 1.807) is 6.07 Å². The summed E-state index contributed by atoms with van der Waals surface area (Å²) in [6.07, 6.45) is 4.21. The molecule has 0 radical (unpaired) electrons. The summed E-state index contributed by atoms with van der Waals surface area (Å²) in [7, 11) is 0. The summed E-state index contributed by atoms with van der Waals surface area (Å²) in [6, 6.07) is 14.8. The van der Waals surface area contributed by atoms with E-state index < -0.39 is 0 Å². The van der Waals surface area contributed by atoms with Gasteiger partial charge in [-0.25, -0.2) is 11.0 Å². The molecule has 0 aromatic heterocycles. The number of aryl methyl sites for hydroxylation is 1. The number of hydrogen-bond acceptors (Lipinski definition) is 7. The van der Waals surface area contributed by atoms with Crippen molar-refractivity contribution in [2.45, 2.75) is 33.6 Å². The maximum absolute atomic E-state index is 10.2. The summed E-state index contributed by atoms with van der Waals surface area (Å²) in [6.45, 7) is 7.05. The summed E-state index contributed by atoms with van der Waals surface area (Å²) in [5.41, 5.74) is 18.0. The van der Waals surface area contributed by atoms with Gasteiger partial charge in [0, 0.05) is 16.1 Å². The van der Waals surface area contributed by atoms with Crippen LogP contribution in [0.2, 0.25) is 5.02 Å². The Hall–Kier alpha value is -3.67. The Labute approximate surface area is 211 Å². The van der Waals surface area contributed by atoms with Crippen LogP contribution in [0.15, 0.2) is 63.8 Å². The van der Waals surface area contributed by atoms with E-state index in [4.69, 9.17) is 38.6 Å². The van der Waals surface area contributed by atoms with Crippen molar-refractivity contribution < 1.29 is 14.5 Å². The first-order valence-corrected chi connectivity index (χ1v) is 11.2. The van der Waals surface area contributed by atoms with Gasteiger partial charge in [-0.2, -0.15) is 5.10 Å². The summed E-state index contributed by atoms with van der Waals surface area (Å²) in [5.74, 6) is 4.96. The highest BCUT2D eigenvalue weighted by Crippen LogP contribution is 2.12. The maximum Gasteiger partial charge on any atom is 0.237 e. The molecule has 0 unspecified atom stereocenters. The number of benzene rings is 2. The standard InChI is InChI=1S/C11H15ClN4O.C8H8O.C4H12N4O/c1-2-7-17-16-11(13)15-14-8-9-5-3-4-6-10(9)12;1-7-4-2-3-5-8(7)6-9;1-2-3-9-8-4(5)7-6/h3-6,8H,2,7H2,1H3,(H3,13,15,16);2-6H,1H3;2-3,6H2,1H3,(H3,5,7,8)/b14-8+;;. The van der Waals surface area contributed by atoms with Gasteiger partial charge in [0.1, 0.15) is 6.29 Å². The number of nitrogens with one attached hydrogen (secondary N) is 2. The number of guanidine groups is 2. The number of hydrogen-bond donors (Lipinski definition) is 5. The lowest BCUT2D eigenvalue weighted by Crippen LogP contribution is -2.32. The van der Waals surface area contributed by atoms with Crippen molar-refractivity contribution in [3.63, 3.8) is 0 Å². The van der Waals surface area contributed by atoms with Crippen LogP contribution < -0.4 is 28.3 Å². The van der Waals surface area contributed by atoms with Gasteiger partial charge >= 0.3 is 0 Å². The smallest absolute Gasteiger partial charge is 0.237 e. The second-order valence-corrected chi connectivity index (χ2v) is 7.05. The topological polar surface area (TPSA) is 175 Å². The molecule has 0 saturated carbocycles. The normalized spacial score (nSPS) is 11.1. The molecule has 0 aliphatic rings. The maximum atomic E-state index is 10.2. The number of hydroxylamine groups is 2. The molecule has 2 rings (SSSR count). The van der Waals surface area contributed by atoms with E-state index >= 15 is 0 Å². The van der Waals surface area contributed by atoms with Gasteiger partial charge < -0.3 is 17.3 Å². The Bertz CT molecular complexity index is 938. The molecular formula is C23H35ClN8O3. The minimum absolute atomic E-state index is 0.0865. The molecule has 8 N–H and O–H groups in total. The number of aldehydes is 1. The van der Waals surface area contributed by atoms with Crippen LogP contribution in [-0.2, 0) is 9.68 Å². The first kappa shape index (κ1) is 31.3. The van der Waals surface area contributed by atoms with E-state index in [0.29, 0.717) is 18.2 Å². The van der Waals surface area contributed by atoms with Crippen molar-refractivity contribution in [3.8, 4) is 0 Å². The Morgan fingerprint density at radius 2 is 1.49 bits per heavy atom. The van der Waals surface area contributed by atoms with Crippen LogP contribution in [0.1, 0.15) is 48.2 Å². The summed E-state index contributed by atoms with van der Waals surface area (Å²) < 4.78 is 0. The van der Waals surface area contributed by atoms with E-state index in [9.17, 15) is 4.79 Å². The first-order valence-electron chi connectivity index (χ1n) is 10.8. The molecule has 0 heterocycles. The van der Waals surface area contributed by atoms with Crippen molar-refractivity contribution in [2.24, 2.45) is 32.6 Å². The lowest BCUT2D eigenvalue weighted by Gasteiger charge is -2.02. The summed E-state index contributed by atoms with van der Waals surface area (Å²) in [4.78, 5) is 19.9. The minimum Gasteiger partial charge on any atom is -0.367 e. The first-order chi connectivity index (χ1) is 16.9. The van der Waals surface area contributed by atoms with Gasteiger partial charge in [0.25, 0.3) is 0 Å². The molecule has 0 amide bonds. The molecule has 12 heteroatoms. The number of rotatable bonds is 9. The molecule has 11 nitrogen and oxygen atoms in total. The Morgan fingerprint density at radius 3 is 1.97 bits per heavy atom. The molecular weight excluding hydrogens is 472 g/mol. The molecule has 2 aromatic rings. The molecule has 0 fully saturated rings. The van der Waals surface area contributed by atoms with E-state index in [1.807, 2.05) is 63.2 Å². The van der Waals surface area contributed by atoms with Gasteiger partial charge in [-0.05, 0) is 31.4 Å². The zero-order chi connectivity index (χ0) is 26.3. The highest BCUT2D eigenvalue weighted by Gasteiger charge is 1.94. The quantitative estimate of drug-likeness (QED) is 0.0860. The van der Waals surface area contributed by atoms with Crippen molar-refractivity contribution in [1.29, 1.82) is 0 Å². The summed E-state index contributed by atoms with van der Waals surface area (Å²) in [5, 5.41) is 11.2. The van der Waals surface area contributed by atoms with Crippen LogP contribution in [0.3, 0.4) is 0 Å². The SMILES string of the molecule is CCCONC(N)=N/N=C/c1ccccc1Cl.CCCONC(N)=NN.Cc1ccccc1C=O. The fraction of sp³-hybridized carbons (Fsp3) is 0.304. The molecule has 192 valence electrons. The van der Waals surface area contributed by atoms with Crippen molar-refractivity contribution in [1.82, 2.24) is 11.0 Å². The van der Waals surface area contributed by atoms with E-state index in [-0.39, 0.29) is 11.9 Å². The van der Waals surface area contributed by atoms with Crippen LogP contribution >= 0.6 is 11.6 Å². The predicted octanol–water partition coefficient (Wildman–Crippen LogP) is 2.83. The Balaban J connectivity index is 0.000000543. The second-order valence-electron chi connectivity index (χ2n) is 6.64. The van der Waals surface area contributed by atoms with Crippen molar-refractivity contribution in [2.75, 3.05) is 13.2 Å². The van der Waals surface area contributed by atoms with Gasteiger partial charge in [-0.3, -0.25) is 14.5 Å². The predicted molar refractivity (Wildman–Crippen MR) is 142 cm³/mol. The highest BCUT2D eigenvalue weighted by molar-refractivity contribution is 6.33. The average molecular weight is 507 g/mol. The molecule has 0 aliphatic carbocycles. The molecule has 35 heavy (non-hydrogen) atoms. The zero-order valence-electron chi connectivity index (χ0n) is 20.3. The Morgan fingerprint density at radius 1 is 0.943 bits per heavy atom. The van der Waals surface area contributed by atoms with Gasteiger partial charge in [0.15, 0.2) is 0 Å². The Kier molecular flexibility index (Phi) is 18.7. The second kappa shape index (κ2) is 20.9. The zero-order valence-corrected chi connectivity index (χ0v) is 21.0. The van der Waals surface area contributed by atoms with Crippen LogP contribution in [0.4, 0.5) is 0 Å². The monoisotopic (exact) mass is 506 g/mol. The number of halogens is 1. The van der Waals surface area contributed by atoms with Crippen LogP contribution in [-0.4, -0.2) is 37.6 Å². The van der Waals surface area contributed by atoms with Crippen LogP contribution in [0.25, 0.3) is 0 Å². The largest absolute Gasteiger partial charge is 0.367 e. The highest BCUT2D eigenvalue weighted by atomic mass is 35.5. The third-order valence-corrected chi connectivity index (χ3v) is 4.03. The molecule has 0 bridgehead atoms. The van der Waals surface area contributed by atoms with Gasteiger partial charge in [-0.15, -0.1) is 10.2 Å². The number of nitrogens with zero attached hydrogens (tertiary/aromatic N) is 3. The number of carbonyl (C=O) groups is 1. The minimum atomic E-state index is 0.0865. The lowest BCUT2D eigenvalue weighted by atomic mass is 10.1. The molecule has 0 aliphatic heterocycles. The molecule has 0 saturated heterocycles. The third kappa shape index (κ3) is 16.6. The lowest BCUT2D eigenvalue weighted by molar-refractivity contribution is 0.0845. The van der Waals surface area contributed by atoms with Crippen LogP contribution in [0.5, 0.6) is 0 Å². The van der Waals surface area contributed by atoms with Gasteiger partial charge in [-0.1, -0.05) is 67.9 Å². The van der Waals surface area contributed by atoms with E-state index in [1.165, 1.54) is 6.21 Å². The van der Waals surface area contributed by atoms with Crippen molar-refractivity contribution >= 4 is 36.0 Å². The number of hydrazone groups is 1. The van der Waals surface area contributed by atoms with E-state index in [2.05, 4.69) is 26.3 Å². The van der Waals surface area contributed by atoms with Crippen LogP contribution in [0, 0.1) is 6.92 Å². The third-order valence-electron chi connectivity index (χ3n) is 3.69. The van der Waals surface area contributed by atoms with E-state index in [0.717, 1.165) is 35.8 Å². The number of carbonyl (C=O) groups excluding carboxylic acids is 1. The molecule has 2 aromatic carbocycles. The van der Waals surface area contributed by atoms with Crippen molar-refractivity contribution in [3.05, 3.63) is 70.2 Å². The van der Waals surface area contributed by atoms with Gasteiger partial charge in [0.2, 0.25) is 11.9 Å². The fourth-order valence-electron chi connectivity index (χ4n) is 1.95. The summed E-state index contributed by atoms with van der Waals surface area (Å²) >= 11 is 5.93. The van der Waals surface area contributed by atoms with Gasteiger partial charge in [0.05, 0.1) is 19.4 Å². The fourth-order valence-corrected chi connectivity index (χ4v) is 2.14. The molecule has 0 atom stereocenters.